The molecule has 18 heavy (non-hydrogen) atoms. The minimum Gasteiger partial charge on any atom is -0.396 e. The lowest BCUT2D eigenvalue weighted by Gasteiger charge is -2.34. The zero-order chi connectivity index (χ0) is 12.4. The molecule has 0 radical (unpaired) electrons. The third-order valence-electron chi connectivity index (χ3n) is 3.79. The topological polar surface area (TPSA) is 40.8 Å². The van der Waals surface area contributed by atoms with E-state index in [4.69, 9.17) is 5.11 Å². The first-order chi connectivity index (χ1) is 8.88. The van der Waals surface area contributed by atoms with Gasteiger partial charge in [-0.1, -0.05) is 6.07 Å². The number of hydrogen-bond acceptors (Lipinski definition) is 3. The molecule has 0 aliphatic carbocycles. The molecule has 1 unspecified atom stereocenters. The van der Waals surface area contributed by atoms with Crippen molar-refractivity contribution in [2.75, 3.05) is 24.6 Å². The molecule has 3 rings (SSSR count). The normalized spacial score (nSPS) is 20.5. The van der Waals surface area contributed by atoms with E-state index in [9.17, 15) is 0 Å². The molecule has 0 spiro atoms. The average Bonchev–Trinajstić information content (AvgIpc) is 2.87. The van der Waals surface area contributed by atoms with Crippen LogP contribution in [0.2, 0.25) is 0 Å². The molecule has 1 saturated heterocycles. The van der Waals surface area contributed by atoms with E-state index in [0.29, 0.717) is 12.5 Å². The van der Waals surface area contributed by atoms with Gasteiger partial charge in [0.25, 0.3) is 0 Å². The van der Waals surface area contributed by atoms with Crippen molar-refractivity contribution in [2.45, 2.75) is 19.3 Å². The average molecular weight is 245 g/mol. The van der Waals surface area contributed by atoms with Crippen LogP contribution in [0.5, 0.6) is 0 Å². The van der Waals surface area contributed by atoms with E-state index >= 15 is 0 Å². The Morgan fingerprint density at radius 1 is 1.39 bits per heavy atom. The smallest absolute Gasteiger partial charge is 0.138 e. The Hall–Kier alpha value is -1.55. The van der Waals surface area contributed by atoms with Gasteiger partial charge in [-0.05, 0) is 37.3 Å². The predicted octanol–water partition coefficient (Wildman–Crippen LogP) is 1.93. The van der Waals surface area contributed by atoms with E-state index in [1.807, 2.05) is 18.5 Å². The molecule has 0 amide bonds. The quantitative estimate of drug-likeness (QED) is 0.898. The summed E-state index contributed by atoms with van der Waals surface area (Å²) in [6, 6.07) is 6.24. The van der Waals surface area contributed by atoms with Gasteiger partial charge in [0.1, 0.15) is 11.5 Å². The van der Waals surface area contributed by atoms with Gasteiger partial charge in [-0.25, -0.2) is 4.98 Å². The Morgan fingerprint density at radius 2 is 2.33 bits per heavy atom. The second kappa shape index (κ2) is 4.98. The Labute approximate surface area is 107 Å². The minimum atomic E-state index is 0.299. The van der Waals surface area contributed by atoms with E-state index in [-0.39, 0.29) is 0 Å². The number of rotatable bonds is 3. The highest BCUT2D eigenvalue weighted by molar-refractivity contribution is 5.51. The van der Waals surface area contributed by atoms with Crippen molar-refractivity contribution in [3.63, 3.8) is 0 Å². The summed E-state index contributed by atoms with van der Waals surface area (Å²) in [5.74, 6) is 1.83. The van der Waals surface area contributed by atoms with Crippen molar-refractivity contribution in [3.8, 4) is 0 Å². The summed E-state index contributed by atoms with van der Waals surface area (Å²) < 4.78 is 2.14. The molecule has 0 saturated carbocycles. The van der Waals surface area contributed by atoms with Crippen LogP contribution in [0, 0.1) is 5.92 Å². The number of fused-ring (bicyclic) bond motifs is 1. The van der Waals surface area contributed by atoms with Crippen LogP contribution in [0.25, 0.3) is 5.65 Å². The van der Waals surface area contributed by atoms with Gasteiger partial charge in [0, 0.05) is 32.1 Å². The Kier molecular flexibility index (Phi) is 3.19. The molecule has 0 bridgehead atoms. The molecule has 1 N–H and O–H groups in total. The van der Waals surface area contributed by atoms with Gasteiger partial charge in [-0.15, -0.1) is 0 Å². The van der Waals surface area contributed by atoms with Crippen molar-refractivity contribution in [1.82, 2.24) is 9.38 Å². The van der Waals surface area contributed by atoms with E-state index < -0.39 is 0 Å². The van der Waals surface area contributed by atoms with E-state index in [2.05, 4.69) is 26.4 Å². The lowest BCUT2D eigenvalue weighted by molar-refractivity contribution is 0.244. The summed E-state index contributed by atoms with van der Waals surface area (Å²) in [7, 11) is 0. The molecular formula is C14H19N3O. The van der Waals surface area contributed by atoms with E-state index in [1.54, 1.807) is 0 Å². The van der Waals surface area contributed by atoms with Crippen LogP contribution in [0.1, 0.15) is 19.3 Å². The summed E-state index contributed by atoms with van der Waals surface area (Å²) >= 11 is 0. The van der Waals surface area contributed by atoms with Crippen LogP contribution in [0.3, 0.4) is 0 Å². The molecular weight excluding hydrogens is 226 g/mol. The highest BCUT2D eigenvalue weighted by Gasteiger charge is 2.21. The highest BCUT2D eigenvalue weighted by atomic mass is 16.3. The lowest BCUT2D eigenvalue weighted by atomic mass is 9.95. The van der Waals surface area contributed by atoms with Crippen molar-refractivity contribution >= 4 is 11.5 Å². The molecule has 1 aliphatic heterocycles. The monoisotopic (exact) mass is 245 g/mol. The number of pyridine rings is 1. The van der Waals surface area contributed by atoms with Crippen LogP contribution >= 0.6 is 0 Å². The molecule has 0 aromatic carbocycles. The third kappa shape index (κ3) is 2.08. The molecule has 4 nitrogen and oxygen atoms in total. The lowest BCUT2D eigenvalue weighted by Crippen LogP contribution is -2.36. The summed E-state index contributed by atoms with van der Waals surface area (Å²) in [5.41, 5.74) is 0.997. The highest BCUT2D eigenvalue weighted by Crippen LogP contribution is 2.25. The van der Waals surface area contributed by atoms with E-state index in [0.717, 1.165) is 25.2 Å². The summed E-state index contributed by atoms with van der Waals surface area (Å²) in [6.07, 6.45) is 7.21. The largest absolute Gasteiger partial charge is 0.396 e. The Balaban J connectivity index is 1.87. The zero-order valence-corrected chi connectivity index (χ0v) is 10.5. The maximum atomic E-state index is 9.08. The summed E-state index contributed by atoms with van der Waals surface area (Å²) in [5, 5.41) is 9.08. The van der Waals surface area contributed by atoms with Gasteiger partial charge >= 0.3 is 0 Å². The maximum absolute atomic E-state index is 9.08. The molecule has 1 atom stereocenters. The van der Waals surface area contributed by atoms with Gasteiger partial charge in [-0.3, -0.25) is 4.40 Å². The number of aliphatic hydroxyl groups is 1. The SMILES string of the molecule is OCCC1CCCN(c2cccc3nccn23)C1. The molecule has 4 heteroatoms. The molecule has 3 heterocycles. The van der Waals surface area contributed by atoms with Gasteiger partial charge < -0.3 is 10.0 Å². The van der Waals surface area contributed by atoms with Gasteiger partial charge in [0.15, 0.2) is 0 Å². The van der Waals surface area contributed by atoms with Crippen LogP contribution in [-0.2, 0) is 0 Å². The number of imidazole rings is 1. The number of aromatic nitrogens is 2. The standard InChI is InChI=1S/C14H19N3O/c18-10-6-12-3-2-8-16(11-12)14-5-1-4-13-15-7-9-17(13)14/h1,4-5,7,9,12,18H,2-3,6,8,10-11H2. The zero-order valence-electron chi connectivity index (χ0n) is 10.5. The number of anilines is 1. The third-order valence-corrected chi connectivity index (χ3v) is 3.79. The van der Waals surface area contributed by atoms with Crippen LogP contribution in [0.15, 0.2) is 30.6 Å². The molecule has 2 aromatic rings. The predicted molar refractivity (Wildman–Crippen MR) is 71.8 cm³/mol. The summed E-state index contributed by atoms with van der Waals surface area (Å²) in [6.45, 7) is 2.44. The molecule has 1 aliphatic rings. The second-order valence-corrected chi connectivity index (χ2v) is 5.01. The van der Waals surface area contributed by atoms with Gasteiger partial charge in [0.05, 0.1) is 0 Å². The molecule has 96 valence electrons. The first-order valence-corrected chi connectivity index (χ1v) is 6.66. The molecule has 2 aromatic heterocycles. The minimum absolute atomic E-state index is 0.299. The maximum Gasteiger partial charge on any atom is 0.138 e. The fraction of sp³-hybridized carbons (Fsp3) is 0.500. The fourth-order valence-corrected chi connectivity index (χ4v) is 2.88. The van der Waals surface area contributed by atoms with Crippen molar-refractivity contribution in [1.29, 1.82) is 0 Å². The van der Waals surface area contributed by atoms with E-state index in [1.165, 1.54) is 18.7 Å². The second-order valence-electron chi connectivity index (χ2n) is 5.01. The van der Waals surface area contributed by atoms with Gasteiger partial charge in [-0.2, -0.15) is 0 Å². The first-order valence-electron chi connectivity index (χ1n) is 6.66. The van der Waals surface area contributed by atoms with Crippen molar-refractivity contribution in [3.05, 3.63) is 30.6 Å². The number of nitrogens with zero attached hydrogens (tertiary/aromatic N) is 3. The fourth-order valence-electron chi connectivity index (χ4n) is 2.88. The van der Waals surface area contributed by atoms with Crippen LogP contribution < -0.4 is 4.90 Å². The van der Waals surface area contributed by atoms with Crippen LogP contribution in [0.4, 0.5) is 5.82 Å². The van der Waals surface area contributed by atoms with Gasteiger partial charge in [0.2, 0.25) is 0 Å². The first kappa shape index (κ1) is 11.5. The van der Waals surface area contributed by atoms with Crippen LogP contribution in [-0.4, -0.2) is 34.2 Å². The number of piperidine rings is 1. The molecule has 1 fully saturated rings. The number of aliphatic hydroxyl groups excluding tert-OH is 1. The van der Waals surface area contributed by atoms with Crippen molar-refractivity contribution < 1.29 is 5.11 Å². The Morgan fingerprint density at radius 3 is 3.22 bits per heavy atom. The number of hydrogen-bond donors (Lipinski definition) is 1. The summed E-state index contributed by atoms with van der Waals surface area (Å²) in [4.78, 5) is 6.74. The Bertz CT molecular complexity index is 520. The van der Waals surface area contributed by atoms with Crippen molar-refractivity contribution in [2.24, 2.45) is 5.92 Å².